The first-order valence-electron chi connectivity index (χ1n) is 7.70. The van der Waals surface area contributed by atoms with Crippen LogP contribution in [0.3, 0.4) is 0 Å². The molecule has 2 heterocycles. The van der Waals surface area contributed by atoms with Crippen molar-refractivity contribution in [2.75, 3.05) is 19.6 Å². The number of fused-ring (bicyclic) bond motifs is 1. The number of rotatable bonds is 4. The average Bonchev–Trinajstić information content (AvgIpc) is 2.53. The number of hydrogen-bond donors (Lipinski definition) is 2. The molecule has 0 amide bonds. The van der Waals surface area contributed by atoms with Crippen LogP contribution >= 0.6 is 0 Å². The van der Waals surface area contributed by atoms with E-state index in [1.807, 2.05) is 24.3 Å². The van der Waals surface area contributed by atoms with Gasteiger partial charge in [-0.3, -0.25) is 9.69 Å². The molecule has 0 aliphatic carbocycles. The van der Waals surface area contributed by atoms with Crippen LogP contribution in [0.15, 0.2) is 29.1 Å². The van der Waals surface area contributed by atoms with Crippen LogP contribution in [0.25, 0.3) is 10.9 Å². The summed E-state index contributed by atoms with van der Waals surface area (Å²) in [6.07, 6.45) is 2.32. The topological polar surface area (TPSA) is 61.0 Å². The lowest BCUT2D eigenvalue weighted by Crippen LogP contribution is -2.43. The van der Waals surface area contributed by atoms with E-state index < -0.39 is 0 Å². The second-order valence-corrected chi connectivity index (χ2v) is 5.57. The molecular weight excluding hydrogens is 264 g/mol. The number of hydrogen-bond acceptors (Lipinski definition) is 4. The van der Waals surface area contributed by atoms with Gasteiger partial charge >= 0.3 is 0 Å². The van der Waals surface area contributed by atoms with Crippen molar-refractivity contribution in [2.24, 2.45) is 0 Å². The van der Waals surface area contributed by atoms with Crippen LogP contribution < -0.4 is 10.9 Å². The minimum absolute atomic E-state index is 0.0445. The zero-order chi connectivity index (χ0) is 14.7. The van der Waals surface area contributed by atoms with Gasteiger partial charge in [0, 0.05) is 6.04 Å². The van der Waals surface area contributed by atoms with Gasteiger partial charge in [-0.05, 0) is 44.6 Å². The van der Waals surface area contributed by atoms with Gasteiger partial charge < -0.3 is 10.3 Å². The molecule has 0 spiro atoms. The van der Waals surface area contributed by atoms with Crippen LogP contribution in [0.4, 0.5) is 0 Å². The average molecular weight is 286 g/mol. The molecule has 0 saturated carbocycles. The first kappa shape index (κ1) is 14.2. The number of nitrogens with zero attached hydrogens (tertiary/aromatic N) is 2. The molecule has 1 saturated heterocycles. The van der Waals surface area contributed by atoms with Gasteiger partial charge in [-0.2, -0.15) is 0 Å². The molecule has 1 aliphatic heterocycles. The van der Waals surface area contributed by atoms with Crippen molar-refractivity contribution >= 4 is 10.9 Å². The quantitative estimate of drug-likeness (QED) is 0.894. The maximum atomic E-state index is 12.1. The standard InChI is InChI=1S/C16H22N4O/c1-2-20(12-7-9-17-10-8-12)11-15-18-14-6-4-3-5-13(14)16(21)19-15/h3-6,12,17H,2,7-11H2,1H3,(H,18,19,21). The van der Waals surface area contributed by atoms with E-state index in [-0.39, 0.29) is 5.56 Å². The number of para-hydroxylation sites is 1. The normalized spacial score (nSPS) is 16.7. The Bertz CT molecular complexity index is 661. The van der Waals surface area contributed by atoms with Gasteiger partial charge in [0.1, 0.15) is 5.82 Å². The SMILES string of the molecule is CCN(Cc1nc2ccccc2c(=O)[nH]1)C1CCNCC1. The molecule has 5 nitrogen and oxygen atoms in total. The van der Waals surface area contributed by atoms with Crippen LogP contribution in [-0.4, -0.2) is 40.5 Å². The van der Waals surface area contributed by atoms with E-state index in [9.17, 15) is 4.79 Å². The largest absolute Gasteiger partial charge is 0.317 e. The predicted molar refractivity (Wildman–Crippen MR) is 84.3 cm³/mol. The van der Waals surface area contributed by atoms with Gasteiger partial charge in [0.05, 0.1) is 17.4 Å². The summed E-state index contributed by atoms with van der Waals surface area (Å²) in [6, 6.07) is 8.08. The molecule has 1 aliphatic rings. The number of benzene rings is 1. The van der Waals surface area contributed by atoms with Crippen molar-refractivity contribution in [3.05, 3.63) is 40.4 Å². The number of aromatic nitrogens is 2. The summed E-state index contributed by atoms with van der Waals surface area (Å²) in [5.41, 5.74) is 0.731. The molecule has 0 bridgehead atoms. The summed E-state index contributed by atoms with van der Waals surface area (Å²) < 4.78 is 0. The first-order valence-corrected chi connectivity index (χ1v) is 7.70. The molecule has 0 atom stereocenters. The highest BCUT2D eigenvalue weighted by Gasteiger charge is 2.20. The van der Waals surface area contributed by atoms with Crippen molar-refractivity contribution in [1.82, 2.24) is 20.2 Å². The van der Waals surface area contributed by atoms with E-state index in [1.54, 1.807) is 0 Å². The zero-order valence-corrected chi connectivity index (χ0v) is 12.4. The Labute approximate surface area is 124 Å². The van der Waals surface area contributed by atoms with E-state index in [4.69, 9.17) is 0 Å². The van der Waals surface area contributed by atoms with E-state index in [2.05, 4.69) is 27.1 Å². The monoisotopic (exact) mass is 286 g/mol. The van der Waals surface area contributed by atoms with E-state index in [0.717, 1.165) is 43.8 Å². The maximum absolute atomic E-state index is 12.1. The molecule has 5 heteroatoms. The Kier molecular flexibility index (Phi) is 4.31. The Morgan fingerprint density at radius 2 is 2.05 bits per heavy atom. The summed E-state index contributed by atoms with van der Waals surface area (Å²) in [4.78, 5) is 22.1. The van der Waals surface area contributed by atoms with Crippen LogP contribution in [0.2, 0.25) is 0 Å². The van der Waals surface area contributed by atoms with Crippen molar-refractivity contribution < 1.29 is 0 Å². The maximum Gasteiger partial charge on any atom is 0.258 e. The van der Waals surface area contributed by atoms with Crippen LogP contribution in [-0.2, 0) is 6.54 Å². The lowest BCUT2D eigenvalue weighted by Gasteiger charge is -2.33. The van der Waals surface area contributed by atoms with E-state index in [0.29, 0.717) is 18.0 Å². The summed E-state index contributed by atoms with van der Waals surface area (Å²) in [5, 5.41) is 4.05. The summed E-state index contributed by atoms with van der Waals surface area (Å²) in [7, 11) is 0. The smallest absolute Gasteiger partial charge is 0.258 e. The van der Waals surface area contributed by atoms with Gasteiger partial charge in [0.15, 0.2) is 0 Å². The van der Waals surface area contributed by atoms with E-state index in [1.165, 1.54) is 0 Å². The first-order chi connectivity index (χ1) is 10.3. The van der Waals surface area contributed by atoms with Crippen LogP contribution in [0.1, 0.15) is 25.6 Å². The third kappa shape index (κ3) is 3.14. The molecular formula is C16H22N4O. The number of aromatic amines is 1. The van der Waals surface area contributed by atoms with Gasteiger partial charge in [-0.15, -0.1) is 0 Å². The molecule has 3 rings (SSSR count). The van der Waals surface area contributed by atoms with Gasteiger partial charge in [0.25, 0.3) is 5.56 Å². The molecule has 21 heavy (non-hydrogen) atoms. The van der Waals surface area contributed by atoms with Crippen molar-refractivity contribution in [3.8, 4) is 0 Å². The number of H-pyrrole nitrogens is 1. The molecule has 2 N–H and O–H groups in total. The Balaban J connectivity index is 1.84. The molecule has 1 fully saturated rings. The highest BCUT2D eigenvalue weighted by molar-refractivity contribution is 5.77. The van der Waals surface area contributed by atoms with Crippen molar-refractivity contribution in [2.45, 2.75) is 32.4 Å². The highest BCUT2D eigenvalue weighted by atomic mass is 16.1. The fourth-order valence-electron chi connectivity index (χ4n) is 3.07. The van der Waals surface area contributed by atoms with E-state index >= 15 is 0 Å². The fraction of sp³-hybridized carbons (Fsp3) is 0.500. The van der Waals surface area contributed by atoms with Gasteiger partial charge in [-0.1, -0.05) is 19.1 Å². The van der Waals surface area contributed by atoms with Crippen LogP contribution in [0.5, 0.6) is 0 Å². The molecule has 112 valence electrons. The number of piperidine rings is 1. The molecule has 0 unspecified atom stereocenters. The van der Waals surface area contributed by atoms with Gasteiger partial charge in [-0.25, -0.2) is 4.98 Å². The molecule has 2 aromatic rings. The summed E-state index contributed by atoms with van der Waals surface area (Å²) >= 11 is 0. The lowest BCUT2D eigenvalue weighted by atomic mass is 10.0. The summed E-state index contributed by atoms with van der Waals surface area (Å²) in [6.45, 7) is 6.00. The third-order valence-corrected chi connectivity index (χ3v) is 4.25. The minimum atomic E-state index is -0.0445. The second kappa shape index (κ2) is 6.37. The molecule has 1 aromatic carbocycles. The predicted octanol–water partition coefficient (Wildman–Crippen LogP) is 1.50. The van der Waals surface area contributed by atoms with Crippen molar-refractivity contribution in [3.63, 3.8) is 0 Å². The number of nitrogens with one attached hydrogen (secondary N) is 2. The zero-order valence-electron chi connectivity index (χ0n) is 12.4. The minimum Gasteiger partial charge on any atom is -0.317 e. The third-order valence-electron chi connectivity index (χ3n) is 4.25. The molecule has 1 aromatic heterocycles. The Hall–Kier alpha value is -1.72. The Morgan fingerprint density at radius 3 is 2.81 bits per heavy atom. The van der Waals surface area contributed by atoms with Crippen molar-refractivity contribution in [1.29, 1.82) is 0 Å². The lowest BCUT2D eigenvalue weighted by molar-refractivity contribution is 0.158. The van der Waals surface area contributed by atoms with Gasteiger partial charge in [0.2, 0.25) is 0 Å². The fourth-order valence-corrected chi connectivity index (χ4v) is 3.07. The van der Waals surface area contributed by atoms with Crippen LogP contribution in [0, 0.1) is 0 Å². The summed E-state index contributed by atoms with van der Waals surface area (Å²) in [5.74, 6) is 0.763. The Morgan fingerprint density at radius 1 is 1.29 bits per heavy atom. The molecule has 0 radical (unpaired) electrons. The second-order valence-electron chi connectivity index (χ2n) is 5.57. The highest BCUT2D eigenvalue weighted by Crippen LogP contribution is 2.14.